The molecule has 0 saturated carbocycles. The quantitative estimate of drug-likeness (QED) is 0.268. The zero-order valence-electron chi connectivity index (χ0n) is 25.6. The molecule has 3 rings (SSSR count). The van der Waals surface area contributed by atoms with Crippen molar-refractivity contribution in [3.8, 4) is 0 Å². The largest absolute Gasteiger partial charge is 0.444 e. The highest BCUT2D eigenvalue weighted by Gasteiger charge is 2.30. The van der Waals surface area contributed by atoms with Gasteiger partial charge in [-0.25, -0.2) is 9.59 Å². The number of hydrogen-bond donors (Lipinski definition) is 3. The highest BCUT2D eigenvalue weighted by Crippen LogP contribution is 2.13. The Morgan fingerprint density at radius 1 is 0.795 bits per heavy atom. The second-order valence-corrected chi connectivity index (χ2v) is 11.3. The van der Waals surface area contributed by atoms with E-state index in [1.807, 2.05) is 91.0 Å². The molecule has 44 heavy (non-hydrogen) atoms. The maximum atomic E-state index is 14.0. The molecule has 0 aliphatic carbocycles. The van der Waals surface area contributed by atoms with Gasteiger partial charge >= 0.3 is 12.1 Å². The minimum atomic E-state index is -1.54. The van der Waals surface area contributed by atoms with E-state index in [2.05, 4.69) is 10.6 Å². The SMILES string of the molecule is CC(C)(C)OC(=O)NCCC(=O)N(CCc1ccccc1)C(=O)N(Cc1ccccc1)C[C@H](O)C(=O)NCc1ccccc1. The van der Waals surface area contributed by atoms with Crippen LogP contribution in [-0.2, 0) is 33.8 Å². The number of imide groups is 1. The number of nitrogens with zero attached hydrogens (tertiary/aromatic N) is 2. The fourth-order valence-electron chi connectivity index (χ4n) is 4.31. The Hall–Kier alpha value is -4.70. The van der Waals surface area contributed by atoms with E-state index < -0.39 is 35.6 Å². The van der Waals surface area contributed by atoms with Gasteiger partial charge in [-0.3, -0.25) is 14.5 Å². The van der Waals surface area contributed by atoms with Crippen LogP contribution in [0.3, 0.4) is 0 Å². The second kappa shape index (κ2) is 16.8. The first kappa shape index (κ1) is 33.8. The zero-order chi connectivity index (χ0) is 32.0. The van der Waals surface area contributed by atoms with Crippen LogP contribution >= 0.6 is 0 Å². The molecule has 0 spiro atoms. The Morgan fingerprint density at radius 3 is 1.91 bits per heavy atom. The van der Waals surface area contributed by atoms with Gasteiger partial charge < -0.3 is 25.4 Å². The number of benzene rings is 3. The Morgan fingerprint density at radius 2 is 1.34 bits per heavy atom. The van der Waals surface area contributed by atoms with Gasteiger partial charge in [-0.15, -0.1) is 0 Å². The number of carbonyl (C=O) groups is 4. The number of aliphatic hydroxyl groups is 1. The van der Waals surface area contributed by atoms with Crippen LogP contribution in [0.1, 0.15) is 43.9 Å². The molecule has 0 bridgehead atoms. The van der Waals surface area contributed by atoms with Crippen molar-refractivity contribution in [3.63, 3.8) is 0 Å². The van der Waals surface area contributed by atoms with Crippen molar-refractivity contribution in [1.29, 1.82) is 0 Å². The fraction of sp³-hybridized carbons (Fsp3) is 0.353. The molecule has 0 aliphatic rings. The summed E-state index contributed by atoms with van der Waals surface area (Å²) in [5.41, 5.74) is 1.86. The van der Waals surface area contributed by atoms with Gasteiger partial charge in [0, 0.05) is 32.6 Å². The minimum absolute atomic E-state index is 0.0356. The van der Waals surface area contributed by atoms with E-state index in [0.29, 0.717) is 6.42 Å². The number of nitrogens with one attached hydrogen (secondary N) is 2. The lowest BCUT2D eigenvalue weighted by molar-refractivity contribution is -0.130. The molecule has 3 aromatic rings. The lowest BCUT2D eigenvalue weighted by Crippen LogP contribution is -2.51. The molecule has 0 aliphatic heterocycles. The summed E-state index contributed by atoms with van der Waals surface area (Å²) in [4.78, 5) is 54.8. The maximum absolute atomic E-state index is 14.0. The van der Waals surface area contributed by atoms with E-state index in [1.165, 1.54) is 4.90 Å². The molecule has 0 aromatic heterocycles. The number of carbonyl (C=O) groups excluding carboxylic acids is 4. The standard InChI is InChI=1S/C34H42N4O6/c1-34(2,3)44-32(42)35-21-19-30(40)38(22-20-26-13-7-4-8-14-26)33(43)37(24-28-17-11-6-12-18-28)25-29(39)31(41)36-23-27-15-9-5-10-16-27/h4-18,29,39H,19-25H2,1-3H3,(H,35,42)(H,36,41)/t29-/m0/s1. The number of urea groups is 1. The van der Waals surface area contributed by atoms with Crippen LogP contribution < -0.4 is 10.6 Å². The first-order valence-electron chi connectivity index (χ1n) is 14.7. The Balaban J connectivity index is 1.76. The van der Waals surface area contributed by atoms with Crippen LogP contribution in [0.2, 0.25) is 0 Å². The first-order chi connectivity index (χ1) is 21.0. The summed E-state index contributed by atoms with van der Waals surface area (Å²) in [5, 5.41) is 16.1. The van der Waals surface area contributed by atoms with Crippen molar-refractivity contribution in [2.75, 3.05) is 19.6 Å². The number of aliphatic hydroxyl groups excluding tert-OH is 1. The second-order valence-electron chi connectivity index (χ2n) is 11.3. The van der Waals surface area contributed by atoms with E-state index in [9.17, 15) is 24.3 Å². The molecule has 1 atom stereocenters. The smallest absolute Gasteiger partial charge is 0.407 e. The van der Waals surface area contributed by atoms with Gasteiger partial charge in [0.05, 0.1) is 6.54 Å². The van der Waals surface area contributed by atoms with Crippen LogP contribution in [0.25, 0.3) is 0 Å². The molecule has 0 radical (unpaired) electrons. The van der Waals surface area contributed by atoms with Crippen molar-refractivity contribution < 1.29 is 29.0 Å². The third kappa shape index (κ3) is 11.9. The molecule has 5 amide bonds. The van der Waals surface area contributed by atoms with E-state index in [1.54, 1.807) is 20.8 Å². The Labute approximate surface area is 259 Å². The third-order valence-corrected chi connectivity index (χ3v) is 6.50. The highest BCUT2D eigenvalue weighted by atomic mass is 16.6. The zero-order valence-corrected chi connectivity index (χ0v) is 25.6. The summed E-state index contributed by atoms with van der Waals surface area (Å²) in [7, 11) is 0. The summed E-state index contributed by atoms with van der Waals surface area (Å²) >= 11 is 0. The van der Waals surface area contributed by atoms with Crippen molar-refractivity contribution in [3.05, 3.63) is 108 Å². The van der Waals surface area contributed by atoms with E-state index in [4.69, 9.17) is 4.74 Å². The fourth-order valence-corrected chi connectivity index (χ4v) is 4.31. The molecule has 234 valence electrons. The summed E-state index contributed by atoms with van der Waals surface area (Å²) in [6, 6.07) is 27.2. The average Bonchev–Trinajstić information content (AvgIpc) is 3.00. The monoisotopic (exact) mass is 602 g/mol. The van der Waals surface area contributed by atoms with Gasteiger partial charge in [-0.1, -0.05) is 91.0 Å². The molecule has 10 heteroatoms. The van der Waals surface area contributed by atoms with Crippen LogP contribution in [0.4, 0.5) is 9.59 Å². The summed E-state index contributed by atoms with van der Waals surface area (Å²) in [6.45, 7) is 5.18. The van der Waals surface area contributed by atoms with E-state index >= 15 is 0 Å². The molecule has 0 unspecified atom stereocenters. The number of alkyl carbamates (subject to hydrolysis) is 1. The molecular formula is C34H42N4O6. The molecule has 0 saturated heterocycles. The molecule has 3 aromatic carbocycles. The van der Waals surface area contributed by atoms with Crippen LogP contribution in [0.5, 0.6) is 0 Å². The van der Waals surface area contributed by atoms with Crippen molar-refractivity contribution >= 4 is 23.9 Å². The van der Waals surface area contributed by atoms with Crippen molar-refractivity contribution in [1.82, 2.24) is 20.4 Å². The topological polar surface area (TPSA) is 128 Å². The average molecular weight is 603 g/mol. The lowest BCUT2D eigenvalue weighted by atomic mass is 10.1. The van der Waals surface area contributed by atoms with Gasteiger partial charge in [0.1, 0.15) is 11.7 Å². The molecular weight excluding hydrogens is 560 g/mol. The predicted molar refractivity (Wildman–Crippen MR) is 167 cm³/mol. The number of hydrogen-bond acceptors (Lipinski definition) is 6. The van der Waals surface area contributed by atoms with Crippen LogP contribution in [0, 0.1) is 0 Å². The number of rotatable bonds is 13. The van der Waals surface area contributed by atoms with Crippen LogP contribution in [-0.4, -0.2) is 70.2 Å². The summed E-state index contributed by atoms with van der Waals surface area (Å²) < 4.78 is 5.24. The molecule has 0 heterocycles. The number of amides is 5. The molecule has 0 fully saturated rings. The minimum Gasteiger partial charge on any atom is -0.444 e. The number of ether oxygens (including phenoxy) is 1. The van der Waals surface area contributed by atoms with E-state index in [-0.39, 0.29) is 39.1 Å². The first-order valence-corrected chi connectivity index (χ1v) is 14.7. The Kier molecular flexibility index (Phi) is 12.9. The maximum Gasteiger partial charge on any atom is 0.407 e. The van der Waals surface area contributed by atoms with Gasteiger partial charge in [0.15, 0.2) is 0 Å². The van der Waals surface area contributed by atoms with Gasteiger partial charge in [-0.2, -0.15) is 0 Å². The lowest BCUT2D eigenvalue weighted by Gasteiger charge is -2.31. The molecule has 10 nitrogen and oxygen atoms in total. The van der Waals surface area contributed by atoms with Crippen molar-refractivity contribution in [2.45, 2.75) is 58.4 Å². The van der Waals surface area contributed by atoms with Gasteiger partial charge in [0.2, 0.25) is 5.91 Å². The predicted octanol–water partition coefficient (Wildman–Crippen LogP) is 4.27. The van der Waals surface area contributed by atoms with Crippen molar-refractivity contribution in [2.24, 2.45) is 0 Å². The Bertz CT molecular complexity index is 1350. The normalized spacial score (nSPS) is 11.6. The summed E-state index contributed by atoms with van der Waals surface area (Å²) in [6.07, 6.45) is -1.95. The van der Waals surface area contributed by atoms with E-state index in [0.717, 1.165) is 21.6 Å². The van der Waals surface area contributed by atoms with Gasteiger partial charge in [-0.05, 0) is 43.9 Å². The molecule has 3 N–H and O–H groups in total. The third-order valence-electron chi connectivity index (χ3n) is 6.50. The van der Waals surface area contributed by atoms with Gasteiger partial charge in [0.25, 0.3) is 5.91 Å². The highest BCUT2D eigenvalue weighted by molar-refractivity contribution is 5.95. The summed E-state index contributed by atoms with van der Waals surface area (Å²) in [5.74, 6) is -1.15. The van der Waals surface area contributed by atoms with Crippen LogP contribution in [0.15, 0.2) is 91.0 Å².